The molecule has 6 rings (SSSR count). The van der Waals surface area contributed by atoms with Gasteiger partial charge in [-0.3, -0.25) is 24.1 Å². The van der Waals surface area contributed by atoms with Crippen LogP contribution >= 0.6 is 23.1 Å². The average molecular weight is 528 g/mol. The third-order valence-electron chi connectivity index (χ3n) is 8.75. The maximum absolute atomic E-state index is 13.4. The highest BCUT2D eigenvalue weighted by molar-refractivity contribution is 8.00. The number of carbonyl (C=O) groups excluding carboxylic acids is 2. The number of hydrogen-bond acceptors (Lipinski definition) is 7. The summed E-state index contributed by atoms with van der Waals surface area (Å²) in [4.78, 5) is 57.7. The molecule has 36 heavy (non-hydrogen) atoms. The molecule has 2 aromatic rings. The molecule has 4 aliphatic rings. The molecular formula is C26H29N3O5S2. The largest absolute Gasteiger partial charge is 0.481 e. The zero-order chi connectivity index (χ0) is 25.3. The quantitative estimate of drug-likeness (QED) is 0.532. The van der Waals surface area contributed by atoms with Crippen LogP contribution in [0.3, 0.4) is 0 Å². The van der Waals surface area contributed by atoms with Crippen molar-refractivity contribution in [3.8, 4) is 0 Å². The Kier molecular flexibility index (Phi) is 5.79. The molecule has 2 aliphatic carbocycles. The summed E-state index contributed by atoms with van der Waals surface area (Å²) in [5.41, 5.74) is 2.30. The molecule has 2 aliphatic heterocycles. The van der Waals surface area contributed by atoms with Crippen molar-refractivity contribution in [2.75, 3.05) is 24.5 Å². The Labute approximate surface area is 217 Å². The van der Waals surface area contributed by atoms with Crippen molar-refractivity contribution in [2.24, 2.45) is 29.6 Å². The predicted molar refractivity (Wildman–Crippen MR) is 137 cm³/mol. The van der Waals surface area contributed by atoms with Crippen molar-refractivity contribution in [1.29, 1.82) is 0 Å². The number of imide groups is 1. The summed E-state index contributed by atoms with van der Waals surface area (Å²) in [6.07, 6.45) is 0.600. The van der Waals surface area contributed by atoms with Crippen molar-refractivity contribution < 1.29 is 19.5 Å². The second kappa shape index (κ2) is 8.76. The molecule has 0 spiro atoms. The molecule has 10 heteroatoms. The van der Waals surface area contributed by atoms with E-state index in [4.69, 9.17) is 5.11 Å². The fourth-order valence-corrected chi connectivity index (χ4v) is 10.2. The fraction of sp³-hybridized carbons (Fsp3) is 0.538. The maximum atomic E-state index is 13.4. The van der Waals surface area contributed by atoms with Crippen LogP contribution in [0.2, 0.25) is 0 Å². The van der Waals surface area contributed by atoms with E-state index in [1.807, 2.05) is 0 Å². The number of hydrogen-bond donors (Lipinski definition) is 2. The van der Waals surface area contributed by atoms with Crippen LogP contribution in [0.1, 0.15) is 43.0 Å². The number of nitrogens with zero attached hydrogens (tertiary/aromatic N) is 2. The number of thiazole rings is 1. The van der Waals surface area contributed by atoms with E-state index in [2.05, 4.69) is 48.0 Å². The van der Waals surface area contributed by atoms with Crippen LogP contribution in [0.4, 0.5) is 5.69 Å². The number of carboxylic acids is 1. The lowest BCUT2D eigenvalue weighted by molar-refractivity contribution is -0.142. The third-order valence-corrected chi connectivity index (χ3v) is 11.3. The van der Waals surface area contributed by atoms with Crippen molar-refractivity contribution in [3.63, 3.8) is 0 Å². The van der Waals surface area contributed by atoms with Crippen molar-refractivity contribution in [2.45, 2.75) is 42.9 Å². The molecule has 0 radical (unpaired) electrons. The molecule has 3 fully saturated rings. The SMILES string of the molecule is CCN(CC)c1ccc([C@@H]2c3sc(=O)[nH]c3S[C@@H]3[C@H]4C[C@@H]([C@@H]5C(=O)N(CCC(=O)O)C(=O)[C@@H]45)[C@@H]23)cc1. The fourth-order valence-electron chi connectivity index (χ4n) is 7.36. The highest BCUT2D eigenvalue weighted by atomic mass is 32.2. The summed E-state index contributed by atoms with van der Waals surface area (Å²) >= 11 is 2.92. The molecule has 8 nitrogen and oxygen atoms in total. The number of carbonyl (C=O) groups is 3. The minimum Gasteiger partial charge on any atom is -0.481 e. The minimum atomic E-state index is -1.01. The number of carboxylic acid groups (broad SMARTS) is 1. The number of likely N-dealkylation sites (tertiary alicyclic amines) is 1. The van der Waals surface area contributed by atoms with Gasteiger partial charge in [0.1, 0.15) is 0 Å². The number of H-pyrrole nitrogens is 1. The standard InChI is InChI=1S/C26H29N3O5S2/c1-3-28(4-2)13-7-5-12(6-8-13)17-18-14-11-15(21(18)35-23-22(17)36-26(34)27-23)20-19(14)24(32)29(25(20)33)10-9-16(30)31/h5-8,14-15,17-21H,3-4,9-11H2,1-2H3,(H,27,34)(H,30,31)/t14-,15+,17+,18+,19+,20+,21-/m1/s1. The summed E-state index contributed by atoms with van der Waals surface area (Å²) < 4.78 is 0. The summed E-state index contributed by atoms with van der Waals surface area (Å²) in [5.74, 6) is -1.94. The highest BCUT2D eigenvalue weighted by Gasteiger charge is 2.69. The first-order valence-electron chi connectivity index (χ1n) is 12.7. The molecule has 2 N–H and O–H groups in total. The highest BCUT2D eigenvalue weighted by Crippen LogP contribution is 2.68. The molecule has 0 unspecified atom stereocenters. The van der Waals surface area contributed by atoms with E-state index in [-0.39, 0.29) is 70.4 Å². The predicted octanol–water partition coefficient (Wildman–Crippen LogP) is 3.23. The van der Waals surface area contributed by atoms with Crippen LogP contribution in [-0.4, -0.2) is 57.7 Å². The number of fused-ring (bicyclic) bond motifs is 9. The molecule has 7 atom stereocenters. The zero-order valence-corrected chi connectivity index (χ0v) is 21.8. The van der Waals surface area contributed by atoms with Gasteiger partial charge in [-0.25, -0.2) is 0 Å². The summed E-state index contributed by atoms with van der Waals surface area (Å²) in [6, 6.07) is 8.59. The smallest absolute Gasteiger partial charge is 0.305 e. The number of aromatic nitrogens is 1. The van der Waals surface area contributed by atoms with Gasteiger partial charge in [-0.2, -0.15) is 0 Å². The Morgan fingerprint density at radius 2 is 1.75 bits per heavy atom. The van der Waals surface area contributed by atoms with E-state index in [9.17, 15) is 19.2 Å². The molecule has 2 bridgehead atoms. The Morgan fingerprint density at radius 1 is 1.08 bits per heavy atom. The zero-order valence-electron chi connectivity index (χ0n) is 20.2. The van der Waals surface area contributed by atoms with Crippen LogP contribution < -0.4 is 9.77 Å². The van der Waals surface area contributed by atoms with Crippen LogP contribution in [0.25, 0.3) is 0 Å². The second-order valence-corrected chi connectivity index (χ2v) is 12.4. The summed E-state index contributed by atoms with van der Waals surface area (Å²) in [6.45, 7) is 6.06. The normalized spacial score (nSPS) is 31.9. The molecule has 2 amide bonds. The van der Waals surface area contributed by atoms with Crippen LogP contribution in [0.15, 0.2) is 34.1 Å². The molecular weight excluding hydrogens is 498 g/mol. The average Bonchev–Trinajstić information content (AvgIpc) is 3.58. The van der Waals surface area contributed by atoms with Gasteiger partial charge in [0.15, 0.2) is 0 Å². The maximum Gasteiger partial charge on any atom is 0.305 e. The number of rotatable bonds is 7. The number of thioether (sulfide) groups is 1. The van der Waals surface area contributed by atoms with Crippen molar-refractivity contribution in [3.05, 3.63) is 44.4 Å². The topological polar surface area (TPSA) is 111 Å². The van der Waals surface area contributed by atoms with Crippen molar-refractivity contribution >= 4 is 46.6 Å². The number of amides is 2. The Hall–Kier alpha value is -2.59. The van der Waals surface area contributed by atoms with Gasteiger partial charge in [-0.05, 0) is 55.7 Å². The van der Waals surface area contributed by atoms with E-state index < -0.39 is 5.97 Å². The lowest BCUT2D eigenvalue weighted by Crippen LogP contribution is -2.42. The molecule has 1 aromatic carbocycles. The van der Waals surface area contributed by atoms with E-state index >= 15 is 0 Å². The molecule has 1 aromatic heterocycles. The first-order chi connectivity index (χ1) is 17.3. The van der Waals surface area contributed by atoms with Gasteiger partial charge in [0.05, 0.1) is 23.3 Å². The Bertz CT molecular complexity index is 1280. The molecule has 3 heterocycles. The Balaban J connectivity index is 1.38. The summed E-state index contributed by atoms with van der Waals surface area (Å²) in [5, 5.41) is 10.1. The van der Waals surface area contributed by atoms with E-state index in [1.165, 1.54) is 16.2 Å². The number of aliphatic carboxylic acids is 1. The van der Waals surface area contributed by atoms with Gasteiger partial charge in [-0.1, -0.05) is 23.5 Å². The molecule has 2 saturated carbocycles. The van der Waals surface area contributed by atoms with Crippen LogP contribution in [0, 0.1) is 29.6 Å². The van der Waals surface area contributed by atoms with Crippen molar-refractivity contribution in [1.82, 2.24) is 9.88 Å². The first-order valence-corrected chi connectivity index (χ1v) is 14.3. The van der Waals surface area contributed by atoms with Gasteiger partial charge in [0, 0.05) is 41.4 Å². The molecule has 1 saturated heterocycles. The van der Waals surface area contributed by atoms with Gasteiger partial charge < -0.3 is 15.0 Å². The van der Waals surface area contributed by atoms with E-state index in [1.54, 1.807) is 11.8 Å². The Morgan fingerprint density at radius 3 is 2.39 bits per heavy atom. The van der Waals surface area contributed by atoms with E-state index in [0.717, 1.165) is 40.7 Å². The van der Waals surface area contributed by atoms with Gasteiger partial charge in [0.2, 0.25) is 11.8 Å². The monoisotopic (exact) mass is 527 g/mol. The molecule has 190 valence electrons. The first kappa shape index (κ1) is 23.8. The lowest BCUT2D eigenvalue weighted by Gasteiger charge is -2.43. The van der Waals surface area contributed by atoms with Gasteiger partial charge in [-0.15, -0.1) is 11.8 Å². The third kappa shape index (κ3) is 3.40. The second-order valence-electron chi connectivity index (χ2n) is 10.2. The number of aromatic amines is 1. The lowest BCUT2D eigenvalue weighted by atomic mass is 9.68. The summed E-state index contributed by atoms with van der Waals surface area (Å²) in [7, 11) is 0. The number of benzene rings is 1. The van der Waals surface area contributed by atoms with Crippen LogP contribution in [0.5, 0.6) is 0 Å². The van der Waals surface area contributed by atoms with Gasteiger partial charge in [0.25, 0.3) is 0 Å². The minimum absolute atomic E-state index is 0.00660. The number of nitrogens with one attached hydrogen (secondary N) is 1. The van der Waals surface area contributed by atoms with Gasteiger partial charge >= 0.3 is 10.8 Å². The van der Waals surface area contributed by atoms with E-state index in [0.29, 0.717) is 0 Å². The number of anilines is 1. The van der Waals surface area contributed by atoms with Crippen LogP contribution in [-0.2, 0) is 14.4 Å².